The molecule has 0 spiro atoms. The van der Waals surface area contributed by atoms with Gasteiger partial charge in [-0.15, -0.1) is 0 Å². The molecule has 3 unspecified atom stereocenters. The van der Waals surface area contributed by atoms with Crippen LogP contribution in [0.15, 0.2) is 0 Å². The second-order valence-electron chi connectivity index (χ2n) is 6.51. The smallest absolute Gasteiger partial charge is 0.0473 e. The Hall–Kier alpha value is -0.120. The van der Waals surface area contributed by atoms with Crippen LogP contribution >= 0.6 is 0 Å². The Morgan fingerprint density at radius 1 is 1.18 bits per heavy atom. The molecule has 3 atom stereocenters. The Labute approximate surface area is 105 Å². The van der Waals surface area contributed by atoms with Crippen molar-refractivity contribution in [2.45, 2.75) is 50.1 Å². The molecule has 0 bridgehead atoms. The summed E-state index contributed by atoms with van der Waals surface area (Å²) in [6, 6.07) is 0.860. The van der Waals surface area contributed by atoms with E-state index in [9.17, 15) is 0 Å². The molecule has 2 heterocycles. The normalized spacial score (nSPS) is 44.1. The molecule has 2 saturated heterocycles. The third kappa shape index (κ3) is 1.92. The molecule has 0 aromatic rings. The average molecular weight is 237 g/mol. The molecule has 3 rings (SSSR count). The molecule has 0 radical (unpaired) electrons. The quantitative estimate of drug-likeness (QED) is 0.785. The Morgan fingerprint density at radius 2 is 2.00 bits per heavy atom. The van der Waals surface area contributed by atoms with Crippen LogP contribution in [0.5, 0.6) is 0 Å². The van der Waals surface area contributed by atoms with Crippen molar-refractivity contribution in [2.75, 3.05) is 33.2 Å². The molecular weight excluding hydrogens is 210 g/mol. The maximum atomic E-state index is 6.16. The third-order valence-electron chi connectivity index (χ3n) is 5.52. The first kappa shape index (κ1) is 11.9. The van der Waals surface area contributed by atoms with Crippen LogP contribution in [0.1, 0.15) is 38.5 Å². The Balaban J connectivity index is 1.78. The molecule has 3 fully saturated rings. The summed E-state index contributed by atoms with van der Waals surface area (Å²) < 4.78 is 0. The molecule has 3 nitrogen and oxygen atoms in total. The first-order valence-electron chi connectivity index (χ1n) is 7.40. The fourth-order valence-corrected chi connectivity index (χ4v) is 4.57. The van der Waals surface area contributed by atoms with Crippen LogP contribution in [0.2, 0.25) is 0 Å². The van der Waals surface area contributed by atoms with Crippen molar-refractivity contribution in [3.05, 3.63) is 0 Å². The van der Waals surface area contributed by atoms with E-state index >= 15 is 0 Å². The van der Waals surface area contributed by atoms with E-state index in [1.54, 1.807) is 0 Å². The van der Waals surface area contributed by atoms with Gasteiger partial charge in [-0.1, -0.05) is 12.8 Å². The van der Waals surface area contributed by atoms with Gasteiger partial charge in [-0.05, 0) is 51.7 Å². The van der Waals surface area contributed by atoms with Gasteiger partial charge in [0.25, 0.3) is 0 Å². The van der Waals surface area contributed by atoms with Gasteiger partial charge in [0.15, 0.2) is 0 Å². The summed E-state index contributed by atoms with van der Waals surface area (Å²) in [5, 5.41) is 0. The fraction of sp³-hybridized carbons (Fsp3) is 1.00. The van der Waals surface area contributed by atoms with E-state index in [0.717, 1.165) is 18.5 Å². The summed E-state index contributed by atoms with van der Waals surface area (Å²) >= 11 is 0. The number of rotatable bonds is 2. The molecule has 0 amide bonds. The number of likely N-dealkylation sites (tertiary alicyclic amines) is 2. The minimum absolute atomic E-state index is 0.311. The van der Waals surface area contributed by atoms with Crippen LogP contribution in [-0.2, 0) is 0 Å². The third-order valence-corrected chi connectivity index (χ3v) is 5.52. The molecule has 2 aliphatic heterocycles. The van der Waals surface area contributed by atoms with Gasteiger partial charge in [-0.2, -0.15) is 0 Å². The highest BCUT2D eigenvalue weighted by atomic mass is 15.3. The molecule has 98 valence electrons. The highest BCUT2D eigenvalue weighted by Crippen LogP contribution is 2.42. The zero-order valence-corrected chi connectivity index (χ0v) is 11.2. The van der Waals surface area contributed by atoms with Gasteiger partial charge in [0, 0.05) is 24.7 Å². The molecule has 0 aromatic heterocycles. The highest BCUT2D eigenvalue weighted by Gasteiger charge is 2.48. The van der Waals surface area contributed by atoms with E-state index in [1.807, 2.05) is 0 Å². The van der Waals surface area contributed by atoms with Crippen LogP contribution in [0.25, 0.3) is 0 Å². The second kappa shape index (κ2) is 4.52. The van der Waals surface area contributed by atoms with Crippen LogP contribution in [0.3, 0.4) is 0 Å². The largest absolute Gasteiger partial charge is 0.329 e. The number of nitrogens with two attached hydrogens (primary N) is 1. The highest BCUT2D eigenvalue weighted by molar-refractivity contribution is 5.05. The number of hydrogen-bond acceptors (Lipinski definition) is 3. The van der Waals surface area contributed by atoms with Crippen molar-refractivity contribution in [3.8, 4) is 0 Å². The summed E-state index contributed by atoms with van der Waals surface area (Å²) in [6.07, 6.45) is 8.51. The summed E-state index contributed by atoms with van der Waals surface area (Å²) in [7, 11) is 2.24. The predicted octanol–water partition coefficient (Wildman–Crippen LogP) is 1.28. The summed E-state index contributed by atoms with van der Waals surface area (Å²) in [4.78, 5) is 5.28. The lowest BCUT2D eigenvalue weighted by molar-refractivity contribution is 0.0615. The molecular formula is C14H27N3. The number of fused-ring (bicyclic) bond motifs is 1. The standard InChI is InChI=1S/C14H27N3/c1-16-9-7-14(10-15,11-16)17-8-6-12-4-2-3-5-13(12)17/h12-13H,2-11,15H2,1H3. The minimum atomic E-state index is 0.311. The van der Waals surface area contributed by atoms with Crippen LogP contribution < -0.4 is 5.73 Å². The predicted molar refractivity (Wildman–Crippen MR) is 71.0 cm³/mol. The number of hydrogen-bond donors (Lipinski definition) is 1. The Bertz CT molecular complexity index is 281. The van der Waals surface area contributed by atoms with E-state index in [4.69, 9.17) is 5.73 Å². The Morgan fingerprint density at radius 3 is 2.71 bits per heavy atom. The van der Waals surface area contributed by atoms with Crippen molar-refractivity contribution >= 4 is 0 Å². The van der Waals surface area contributed by atoms with Crippen molar-refractivity contribution in [1.29, 1.82) is 0 Å². The van der Waals surface area contributed by atoms with E-state index in [1.165, 1.54) is 58.2 Å². The average Bonchev–Trinajstić information content (AvgIpc) is 2.93. The topological polar surface area (TPSA) is 32.5 Å². The molecule has 0 aromatic carbocycles. The minimum Gasteiger partial charge on any atom is -0.329 e. The molecule has 2 N–H and O–H groups in total. The maximum absolute atomic E-state index is 6.16. The lowest BCUT2D eigenvalue weighted by Gasteiger charge is -2.44. The SMILES string of the molecule is CN1CCC(CN)(N2CCC3CCCCC32)C1. The number of nitrogens with zero attached hydrogens (tertiary/aromatic N) is 2. The second-order valence-corrected chi connectivity index (χ2v) is 6.51. The van der Waals surface area contributed by atoms with Crippen molar-refractivity contribution in [2.24, 2.45) is 11.7 Å². The molecule has 3 heteroatoms. The van der Waals surface area contributed by atoms with E-state index < -0.39 is 0 Å². The first-order chi connectivity index (χ1) is 8.25. The molecule has 17 heavy (non-hydrogen) atoms. The van der Waals surface area contributed by atoms with Gasteiger partial charge in [0.1, 0.15) is 0 Å². The van der Waals surface area contributed by atoms with Crippen LogP contribution in [-0.4, -0.2) is 54.6 Å². The fourth-order valence-electron chi connectivity index (χ4n) is 4.57. The van der Waals surface area contributed by atoms with Crippen molar-refractivity contribution in [1.82, 2.24) is 9.80 Å². The van der Waals surface area contributed by atoms with Crippen molar-refractivity contribution < 1.29 is 0 Å². The lowest BCUT2D eigenvalue weighted by atomic mass is 9.83. The van der Waals surface area contributed by atoms with Gasteiger partial charge < -0.3 is 10.6 Å². The first-order valence-corrected chi connectivity index (χ1v) is 7.40. The number of likely N-dealkylation sites (N-methyl/N-ethyl adjacent to an activating group) is 1. The van der Waals surface area contributed by atoms with Crippen LogP contribution in [0, 0.1) is 5.92 Å². The van der Waals surface area contributed by atoms with E-state index in [-0.39, 0.29) is 0 Å². The zero-order valence-electron chi connectivity index (χ0n) is 11.2. The van der Waals surface area contributed by atoms with Gasteiger partial charge >= 0.3 is 0 Å². The Kier molecular flexibility index (Phi) is 3.18. The van der Waals surface area contributed by atoms with Gasteiger partial charge in [0.2, 0.25) is 0 Å². The molecule has 1 aliphatic carbocycles. The van der Waals surface area contributed by atoms with Gasteiger partial charge in [-0.25, -0.2) is 0 Å². The summed E-state index contributed by atoms with van der Waals surface area (Å²) in [5.41, 5.74) is 6.48. The molecule has 3 aliphatic rings. The van der Waals surface area contributed by atoms with E-state index in [0.29, 0.717) is 5.54 Å². The summed E-state index contributed by atoms with van der Waals surface area (Å²) in [6.45, 7) is 4.57. The summed E-state index contributed by atoms with van der Waals surface area (Å²) in [5.74, 6) is 0.984. The zero-order chi connectivity index (χ0) is 11.9. The maximum Gasteiger partial charge on any atom is 0.0473 e. The van der Waals surface area contributed by atoms with Crippen molar-refractivity contribution in [3.63, 3.8) is 0 Å². The van der Waals surface area contributed by atoms with E-state index in [2.05, 4.69) is 16.8 Å². The van der Waals surface area contributed by atoms with Crippen LogP contribution in [0.4, 0.5) is 0 Å². The van der Waals surface area contributed by atoms with Gasteiger partial charge in [-0.3, -0.25) is 4.90 Å². The lowest BCUT2D eigenvalue weighted by Crippen LogP contribution is -2.58. The monoisotopic (exact) mass is 237 g/mol. The van der Waals surface area contributed by atoms with Gasteiger partial charge in [0.05, 0.1) is 0 Å². The molecule has 1 saturated carbocycles.